The molecule has 30 heavy (non-hydrogen) atoms. The van der Waals surface area contributed by atoms with Crippen LogP contribution >= 0.6 is 0 Å². The minimum atomic E-state index is 0.396. The van der Waals surface area contributed by atoms with E-state index in [2.05, 4.69) is 71.4 Å². The lowest BCUT2D eigenvalue weighted by molar-refractivity contribution is 0.326. The molecule has 4 nitrogen and oxygen atoms in total. The molecule has 0 amide bonds. The maximum absolute atomic E-state index is 9.87. The molecule has 4 rings (SSSR count). The molecule has 2 aromatic carbocycles. The summed E-state index contributed by atoms with van der Waals surface area (Å²) in [4.78, 5) is 7.10. The Morgan fingerprint density at radius 1 is 0.967 bits per heavy atom. The average Bonchev–Trinajstić information content (AvgIpc) is 2.80. The summed E-state index contributed by atoms with van der Waals surface area (Å²) in [5.74, 6) is 0.396. The van der Waals surface area contributed by atoms with Crippen LogP contribution < -0.4 is 9.64 Å². The van der Waals surface area contributed by atoms with E-state index in [1.165, 1.54) is 30.5 Å². The summed E-state index contributed by atoms with van der Waals surface area (Å²) in [6.45, 7) is 6.67. The first-order valence-electron chi connectivity index (χ1n) is 10.7. The van der Waals surface area contributed by atoms with Crippen LogP contribution in [0.3, 0.4) is 0 Å². The van der Waals surface area contributed by atoms with E-state index in [0.29, 0.717) is 18.1 Å². The van der Waals surface area contributed by atoms with Crippen molar-refractivity contribution in [3.63, 3.8) is 0 Å². The Morgan fingerprint density at radius 2 is 1.63 bits per heavy atom. The highest BCUT2D eigenvalue weighted by atomic mass is 16.5. The van der Waals surface area contributed by atoms with Crippen LogP contribution in [-0.4, -0.2) is 24.7 Å². The number of aromatic nitrogens is 1. The van der Waals surface area contributed by atoms with Crippen LogP contribution in [0.4, 0.5) is 5.69 Å². The Balaban J connectivity index is 1.77. The molecule has 0 bridgehead atoms. The van der Waals surface area contributed by atoms with E-state index in [1.807, 2.05) is 13.0 Å². The molecule has 1 aliphatic heterocycles. The first kappa shape index (κ1) is 20.0. The largest absolute Gasteiger partial charge is 0.477 e. The summed E-state index contributed by atoms with van der Waals surface area (Å²) in [6.07, 6.45) is 3.82. The molecule has 3 aromatic rings. The third kappa shape index (κ3) is 4.16. The molecule has 0 spiro atoms. The lowest BCUT2D eigenvalue weighted by Crippen LogP contribution is -2.29. The van der Waals surface area contributed by atoms with Crippen LogP contribution in [0.2, 0.25) is 0 Å². The molecule has 0 radical (unpaired) electrons. The number of hydrogen-bond acceptors (Lipinski definition) is 4. The number of piperidine rings is 1. The molecule has 152 valence electrons. The maximum Gasteiger partial charge on any atom is 0.232 e. The highest BCUT2D eigenvalue weighted by Gasteiger charge is 2.17. The smallest absolute Gasteiger partial charge is 0.232 e. The molecule has 0 unspecified atom stereocenters. The van der Waals surface area contributed by atoms with Gasteiger partial charge in [-0.3, -0.25) is 0 Å². The molecule has 1 fully saturated rings. The lowest BCUT2D eigenvalue weighted by Gasteiger charge is -2.29. The van der Waals surface area contributed by atoms with Crippen molar-refractivity contribution < 1.29 is 4.74 Å². The topological polar surface area (TPSA) is 49.1 Å². The van der Waals surface area contributed by atoms with Gasteiger partial charge in [-0.2, -0.15) is 5.26 Å². The van der Waals surface area contributed by atoms with Crippen molar-refractivity contribution in [2.24, 2.45) is 0 Å². The molecule has 0 aliphatic carbocycles. The van der Waals surface area contributed by atoms with Crippen LogP contribution in [0.25, 0.3) is 22.4 Å². The van der Waals surface area contributed by atoms with Crippen molar-refractivity contribution in [2.45, 2.75) is 33.1 Å². The second-order valence-corrected chi connectivity index (χ2v) is 7.74. The van der Waals surface area contributed by atoms with E-state index < -0.39 is 0 Å². The van der Waals surface area contributed by atoms with E-state index in [0.717, 1.165) is 35.5 Å². The third-order valence-corrected chi connectivity index (χ3v) is 5.63. The molecule has 0 N–H and O–H groups in total. The van der Waals surface area contributed by atoms with Crippen LogP contribution in [0.5, 0.6) is 5.88 Å². The van der Waals surface area contributed by atoms with E-state index in [1.54, 1.807) is 0 Å². The number of nitriles is 1. The molecule has 0 atom stereocenters. The summed E-state index contributed by atoms with van der Waals surface area (Å²) < 4.78 is 5.75. The van der Waals surface area contributed by atoms with Gasteiger partial charge < -0.3 is 9.64 Å². The molecule has 0 saturated carbocycles. The number of benzene rings is 2. The zero-order valence-corrected chi connectivity index (χ0v) is 17.7. The normalized spacial score (nSPS) is 13.7. The Hall–Kier alpha value is -3.32. The monoisotopic (exact) mass is 397 g/mol. The minimum absolute atomic E-state index is 0.396. The lowest BCUT2D eigenvalue weighted by atomic mass is 9.98. The van der Waals surface area contributed by atoms with E-state index >= 15 is 0 Å². The van der Waals surface area contributed by atoms with Crippen molar-refractivity contribution in [3.05, 3.63) is 65.7 Å². The Morgan fingerprint density at radius 3 is 2.27 bits per heavy atom. The van der Waals surface area contributed by atoms with Gasteiger partial charge in [0.15, 0.2) is 0 Å². The Labute approximate surface area is 178 Å². The van der Waals surface area contributed by atoms with Gasteiger partial charge >= 0.3 is 0 Å². The molecule has 2 heterocycles. The molecule has 4 heteroatoms. The van der Waals surface area contributed by atoms with Crippen LogP contribution in [0.1, 0.15) is 37.3 Å². The fraction of sp³-hybridized carbons (Fsp3) is 0.308. The van der Waals surface area contributed by atoms with E-state index in [-0.39, 0.29) is 0 Å². The van der Waals surface area contributed by atoms with Gasteiger partial charge in [-0.25, -0.2) is 4.98 Å². The first-order valence-corrected chi connectivity index (χ1v) is 10.7. The van der Waals surface area contributed by atoms with Gasteiger partial charge in [0, 0.05) is 29.9 Å². The van der Waals surface area contributed by atoms with Crippen molar-refractivity contribution in [1.29, 1.82) is 5.26 Å². The summed E-state index contributed by atoms with van der Waals surface area (Å²) in [6, 6.07) is 21.1. The molecule has 1 aromatic heterocycles. The van der Waals surface area contributed by atoms with Gasteiger partial charge in [-0.15, -0.1) is 0 Å². The Bertz CT molecular complexity index is 1040. The van der Waals surface area contributed by atoms with Gasteiger partial charge in [-0.1, -0.05) is 42.0 Å². The summed E-state index contributed by atoms with van der Waals surface area (Å²) in [7, 11) is 0. The van der Waals surface area contributed by atoms with E-state index in [9.17, 15) is 5.26 Å². The number of ether oxygens (including phenoxy) is 1. The maximum atomic E-state index is 9.87. The summed E-state index contributed by atoms with van der Waals surface area (Å²) in [5, 5.41) is 9.87. The van der Waals surface area contributed by atoms with Crippen molar-refractivity contribution in [3.8, 4) is 34.3 Å². The first-order chi connectivity index (χ1) is 14.7. The average molecular weight is 398 g/mol. The third-order valence-electron chi connectivity index (χ3n) is 5.63. The number of anilines is 1. The van der Waals surface area contributed by atoms with E-state index in [4.69, 9.17) is 4.74 Å². The molecule has 1 saturated heterocycles. The van der Waals surface area contributed by atoms with Crippen LogP contribution in [0.15, 0.2) is 54.6 Å². The number of pyridine rings is 1. The van der Waals surface area contributed by atoms with Gasteiger partial charge in [0.05, 0.1) is 12.3 Å². The van der Waals surface area contributed by atoms with Gasteiger partial charge in [0.1, 0.15) is 11.6 Å². The molecule has 1 aliphatic rings. The van der Waals surface area contributed by atoms with Crippen molar-refractivity contribution in [2.75, 3.05) is 24.6 Å². The zero-order chi connectivity index (χ0) is 20.9. The predicted octanol–water partition coefficient (Wildman–Crippen LogP) is 5.98. The summed E-state index contributed by atoms with van der Waals surface area (Å²) >= 11 is 0. The second-order valence-electron chi connectivity index (χ2n) is 7.74. The van der Waals surface area contributed by atoms with Crippen molar-refractivity contribution in [1.82, 2.24) is 4.98 Å². The zero-order valence-electron chi connectivity index (χ0n) is 17.7. The number of hydrogen-bond donors (Lipinski definition) is 0. The predicted molar refractivity (Wildman–Crippen MR) is 122 cm³/mol. The SMILES string of the molecule is CCOc1nc(-c2ccc(C)cc2)cc(-c2ccc(N3CCCCC3)cc2)c1C#N. The molecular formula is C26H27N3O. The van der Waals surface area contributed by atoms with Gasteiger partial charge in [0.25, 0.3) is 0 Å². The Kier molecular flexibility index (Phi) is 5.99. The number of rotatable bonds is 5. The quantitative estimate of drug-likeness (QED) is 0.531. The fourth-order valence-corrected chi connectivity index (χ4v) is 3.97. The number of nitrogens with zero attached hydrogens (tertiary/aromatic N) is 3. The number of aryl methyl sites for hydroxylation is 1. The summed E-state index contributed by atoms with van der Waals surface area (Å²) in [5.41, 5.74) is 6.62. The van der Waals surface area contributed by atoms with Gasteiger partial charge in [0.2, 0.25) is 5.88 Å². The van der Waals surface area contributed by atoms with Gasteiger partial charge in [-0.05, 0) is 56.9 Å². The fourth-order valence-electron chi connectivity index (χ4n) is 3.97. The second kappa shape index (κ2) is 9.00. The standard InChI is InChI=1S/C26H27N3O/c1-3-30-26-24(18-27)23(17-25(28-26)21-9-7-19(2)8-10-21)20-11-13-22(14-12-20)29-15-5-4-6-16-29/h7-14,17H,3-6,15-16H2,1-2H3. The van der Waals surface area contributed by atoms with Crippen LogP contribution in [0, 0.1) is 18.3 Å². The minimum Gasteiger partial charge on any atom is -0.477 e. The van der Waals surface area contributed by atoms with Crippen LogP contribution in [-0.2, 0) is 0 Å². The highest BCUT2D eigenvalue weighted by Crippen LogP contribution is 2.34. The molecular weight excluding hydrogens is 370 g/mol. The highest BCUT2D eigenvalue weighted by molar-refractivity contribution is 5.78. The van der Waals surface area contributed by atoms with Crippen molar-refractivity contribution >= 4 is 5.69 Å².